The van der Waals surface area contributed by atoms with Gasteiger partial charge in [0.1, 0.15) is 0 Å². The highest BCUT2D eigenvalue weighted by molar-refractivity contribution is 8.01. The zero-order valence-corrected chi connectivity index (χ0v) is 18.5. The van der Waals surface area contributed by atoms with Crippen LogP contribution in [0.1, 0.15) is 27.0 Å². The third kappa shape index (κ3) is 5.79. The summed E-state index contributed by atoms with van der Waals surface area (Å²) in [7, 11) is 0. The van der Waals surface area contributed by atoms with Gasteiger partial charge in [-0.3, -0.25) is 14.9 Å². The fourth-order valence-electron chi connectivity index (χ4n) is 2.80. The maximum atomic E-state index is 12.3. The average Bonchev–Trinajstić information content (AvgIpc) is 3.10. The molecule has 0 radical (unpaired) electrons. The lowest BCUT2D eigenvalue weighted by molar-refractivity contribution is -0.113. The minimum absolute atomic E-state index is 0.121. The Morgan fingerprint density at radius 2 is 1.79 bits per heavy atom. The van der Waals surface area contributed by atoms with Crippen LogP contribution in [0.5, 0.6) is 0 Å². The van der Waals surface area contributed by atoms with E-state index in [0.29, 0.717) is 20.1 Å². The van der Waals surface area contributed by atoms with Gasteiger partial charge in [-0.05, 0) is 50.1 Å². The highest BCUT2D eigenvalue weighted by atomic mass is 35.5. The van der Waals surface area contributed by atoms with E-state index in [1.54, 1.807) is 24.3 Å². The van der Waals surface area contributed by atoms with E-state index in [-0.39, 0.29) is 17.6 Å². The molecule has 2 N–H and O–H groups in total. The van der Waals surface area contributed by atoms with E-state index in [4.69, 9.17) is 11.6 Å². The number of nitrogens with zero attached hydrogens (tertiary/aromatic N) is 2. The normalized spacial score (nSPS) is 10.6. The number of thioether (sulfide) groups is 1. The standard InChI is InChI=1S/C20H19ClN4O2S2/c1-11-7-12(2)17(13(3)8-11)22-16(26)10-28-20-25-24-19(29-20)23-18(27)14-5-4-6-15(21)9-14/h4-9H,10H2,1-3H3,(H,22,26)(H,23,24,27). The lowest BCUT2D eigenvalue weighted by Gasteiger charge is -2.12. The lowest BCUT2D eigenvalue weighted by atomic mass is 10.1. The Bertz CT molecular complexity index is 1050. The molecule has 6 nitrogen and oxygen atoms in total. The number of carbonyl (C=O) groups excluding carboxylic acids is 2. The van der Waals surface area contributed by atoms with Crippen LogP contribution in [0.15, 0.2) is 40.7 Å². The van der Waals surface area contributed by atoms with Crippen LogP contribution in [0.4, 0.5) is 10.8 Å². The molecule has 0 bridgehead atoms. The molecule has 3 aromatic rings. The summed E-state index contributed by atoms with van der Waals surface area (Å²) in [6.07, 6.45) is 0. The van der Waals surface area contributed by atoms with Crippen molar-refractivity contribution >= 4 is 57.3 Å². The van der Waals surface area contributed by atoms with Crippen molar-refractivity contribution in [3.63, 3.8) is 0 Å². The Kier molecular flexibility index (Phi) is 6.89. The van der Waals surface area contributed by atoms with Crippen molar-refractivity contribution in [3.05, 3.63) is 63.7 Å². The SMILES string of the molecule is Cc1cc(C)c(NC(=O)CSc2nnc(NC(=O)c3cccc(Cl)c3)s2)c(C)c1. The summed E-state index contributed by atoms with van der Waals surface area (Å²) in [4.78, 5) is 24.5. The molecule has 0 aliphatic carbocycles. The van der Waals surface area contributed by atoms with Gasteiger partial charge in [-0.1, -0.05) is 58.5 Å². The van der Waals surface area contributed by atoms with Crippen LogP contribution < -0.4 is 10.6 Å². The number of rotatable bonds is 6. The van der Waals surface area contributed by atoms with Gasteiger partial charge in [0, 0.05) is 16.3 Å². The van der Waals surface area contributed by atoms with Crippen LogP contribution in [0.2, 0.25) is 5.02 Å². The lowest BCUT2D eigenvalue weighted by Crippen LogP contribution is -2.15. The second-order valence-electron chi connectivity index (χ2n) is 6.45. The van der Waals surface area contributed by atoms with Gasteiger partial charge in [-0.2, -0.15) is 0 Å². The van der Waals surface area contributed by atoms with Crippen LogP contribution in [-0.2, 0) is 4.79 Å². The van der Waals surface area contributed by atoms with Crippen LogP contribution >= 0.6 is 34.7 Å². The van der Waals surface area contributed by atoms with Crippen molar-refractivity contribution in [1.29, 1.82) is 0 Å². The van der Waals surface area contributed by atoms with E-state index in [2.05, 4.69) is 20.8 Å². The molecule has 0 spiro atoms. The Labute approximate surface area is 182 Å². The van der Waals surface area contributed by atoms with Crippen LogP contribution in [0, 0.1) is 20.8 Å². The molecule has 0 atom stereocenters. The minimum atomic E-state index is -0.316. The zero-order valence-electron chi connectivity index (χ0n) is 16.1. The van der Waals surface area contributed by atoms with Crippen LogP contribution in [0.25, 0.3) is 0 Å². The number of aromatic nitrogens is 2. The maximum Gasteiger partial charge on any atom is 0.257 e. The quantitative estimate of drug-likeness (QED) is 0.406. The van der Waals surface area contributed by atoms with Crippen molar-refractivity contribution < 1.29 is 9.59 Å². The fourth-order valence-corrected chi connectivity index (χ4v) is 4.53. The number of nitrogens with one attached hydrogen (secondary N) is 2. The van der Waals surface area contributed by atoms with Gasteiger partial charge in [-0.25, -0.2) is 0 Å². The first-order chi connectivity index (χ1) is 13.8. The van der Waals surface area contributed by atoms with Gasteiger partial charge in [0.15, 0.2) is 4.34 Å². The summed E-state index contributed by atoms with van der Waals surface area (Å²) in [6, 6.07) is 10.7. The summed E-state index contributed by atoms with van der Waals surface area (Å²) in [5.74, 6) is -0.239. The third-order valence-corrected chi connectivity index (χ3v) is 6.19. The van der Waals surface area contributed by atoms with Gasteiger partial charge >= 0.3 is 0 Å². The fraction of sp³-hybridized carbons (Fsp3) is 0.200. The van der Waals surface area contributed by atoms with Gasteiger partial charge in [0.2, 0.25) is 11.0 Å². The van der Waals surface area contributed by atoms with Crippen molar-refractivity contribution in [2.45, 2.75) is 25.1 Å². The smallest absolute Gasteiger partial charge is 0.257 e. The molecule has 0 aliphatic rings. The van der Waals surface area contributed by atoms with E-state index in [0.717, 1.165) is 22.4 Å². The second kappa shape index (κ2) is 9.39. The minimum Gasteiger partial charge on any atom is -0.325 e. The first kappa shape index (κ1) is 21.3. The predicted octanol–water partition coefficient (Wildman–Crippen LogP) is 5.10. The van der Waals surface area contributed by atoms with Crippen molar-refractivity contribution in [2.24, 2.45) is 0 Å². The molecular formula is C20H19ClN4O2S2. The van der Waals surface area contributed by atoms with E-state index >= 15 is 0 Å². The van der Waals surface area contributed by atoms with Gasteiger partial charge < -0.3 is 5.32 Å². The molecule has 29 heavy (non-hydrogen) atoms. The Morgan fingerprint density at radius 3 is 2.48 bits per heavy atom. The summed E-state index contributed by atoms with van der Waals surface area (Å²) in [6.45, 7) is 5.98. The van der Waals surface area contributed by atoms with Gasteiger partial charge in [0.05, 0.1) is 5.75 Å². The van der Waals surface area contributed by atoms with Gasteiger partial charge in [0.25, 0.3) is 5.91 Å². The molecule has 0 unspecified atom stereocenters. The van der Waals surface area contributed by atoms with E-state index in [1.807, 2.05) is 32.9 Å². The molecular weight excluding hydrogens is 428 g/mol. The number of hydrogen-bond acceptors (Lipinski definition) is 6. The number of amides is 2. The number of aryl methyl sites for hydroxylation is 3. The first-order valence-electron chi connectivity index (χ1n) is 8.73. The van der Waals surface area contributed by atoms with E-state index in [9.17, 15) is 9.59 Å². The summed E-state index contributed by atoms with van der Waals surface area (Å²) >= 11 is 8.39. The molecule has 3 rings (SSSR count). The maximum absolute atomic E-state index is 12.3. The van der Waals surface area contributed by atoms with Crippen molar-refractivity contribution in [1.82, 2.24) is 10.2 Å². The molecule has 0 saturated carbocycles. The average molecular weight is 447 g/mol. The molecule has 0 aliphatic heterocycles. The Hall–Kier alpha value is -2.42. The molecule has 9 heteroatoms. The molecule has 2 aromatic carbocycles. The second-order valence-corrected chi connectivity index (χ2v) is 9.08. The Morgan fingerprint density at radius 1 is 1.07 bits per heavy atom. The number of anilines is 2. The van der Waals surface area contributed by atoms with E-state index < -0.39 is 0 Å². The van der Waals surface area contributed by atoms with Crippen LogP contribution in [0.3, 0.4) is 0 Å². The number of hydrogen-bond donors (Lipinski definition) is 2. The van der Waals surface area contributed by atoms with Crippen molar-refractivity contribution in [2.75, 3.05) is 16.4 Å². The predicted molar refractivity (Wildman–Crippen MR) is 119 cm³/mol. The van der Waals surface area contributed by atoms with E-state index in [1.165, 1.54) is 23.1 Å². The largest absolute Gasteiger partial charge is 0.325 e. The summed E-state index contributed by atoms with van der Waals surface area (Å²) in [5, 5.41) is 14.5. The van der Waals surface area contributed by atoms with Crippen molar-refractivity contribution in [3.8, 4) is 0 Å². The monoisotopic (exact) mass is 446 g/mol. The third-order valence-electron chi connectivity index (χ3n) is 3.98. The number of carbonyl (C=O) groups is 2. The van der Waals surface area contributed by atoms with Gasteiger partial charge in [-0.15, -0.1) is 10.2 Å². The molecule has 1 aromatic heterocycles. The molecule has 0 fully saturated rings. The zero-order chi connectivity index (χ0) is 21.0. The summed E-state index contributed by atoms with van der Waals surface area (Å²) < 4.78 is 0.596. The highest BCUT2D eigenvalue weighted by Crippen LogP contribution is 2.27. The first-order valence-corrected chi connectivity index (χ1v) is 10.9. The van der Waals surface area contributed by atoms with Crippen LogP contribution in [-0.4, -0.2) is 27.8 Å². The molecule has 1 heterocycles. The molecule has 2 amide bonds. The summed E-state index contributed by atoms with van der Waals surface area (Å²) in [5.41, 5.74) is 4.50. The highest BCUT2D eigenvalue weighted by Gasteiger charge is 2.13. The Balaban J connectivity index is 1.55. The number of halogens is 1. The topological polar surface area (TPSA) is 84.0 Å². The number of benzene rings is 2. The molecule has 0 saturated heterocycles. The molecule has 150 valence electrons.